The molecular weight excluding hydrogens is 386 g/mol. The minimum absolute atomic E-state index is 0.0900. The molecule has 0 fully saturated rings. The number of fused-ring (bicyclic) bond motifs is 1. The monoisotopic (exact) mass is 403 g/mol. The van der Waals surface area contributed by atoms with E-state index in [0.29, 0.717) is 33.4 Å². The lowest BCUT2D eigenvalue weighted by Crippen LogP contribution is -2.25. The maximum absolute atomic E-state index is 13.1. The Morgan fingerprint density at radius 2 is 2.00 bits per heavy atom. The maximum Gasteiger partial charge on any atom is 0.354 e. The molecule has 4 rings (SSSR count). The first kappa shape index (κ1) is 19.3. The lowest BCUT2D eigenvalue weighted by Gasteiger charge is -2.14. The van der Waals surface area contributed by atoms with E-state index < -0.39 is 12.0 Å². The van der Waals surface area contributed by atoms with E-state index in [4.69, 9.17) is 5.11 Å². The minimum Gasteiger partial charge on any atom is -0.477 e. The van der Waals surface area contributed by atoms with Gasteiger partial charge in [-0.15, -0.1) is 0 Å². The molecular formula is C21H17N5O4. The summed E-state index contributed by atoms with van der Waals surface area (Å²) in [5.41, 5.74) is 2.15. The first-order valence-corrected chi connectivity index (χ1v) is 9.12. The number of carboxylic acid groups (broad SMARTS) is 1. The number of pyridine rings is 3. The average Bonchev–Trinajstić information content (AvgIpc) is 2.79. The van der Waals surface area contributed by atoms with Crippen molar-refractivity contribution in [2.24, 2.45) is 0 Å². The van der Waals surface area contributed by atoms with Gasteiger partial charge < -0.3 is 10.2 Å². The molecule has 4 heterocycles. The van der Waals surface area contributed by atoms with Crippen molar-refractivity contribution < 1.29 is 15.0 Å². The van der Waals surface area contributed by atoms with Crippen molar-refractivity contribution in [3.8, 4) is 22.5 Å². The summed E-state index contributed by atoms with van der Waals surface area (Å²) in [5.74, 6) is -1.13. The molecule has 0 saturated carbocycles. The Morgan fingerprint density at radius 3 is 2.63 bits per heavy atom. The van der Waals surface area contributed by atoms with Crippen LogP contribution in [0, 0.1) is 0 Å². The number of nitrogens with zero attached hydrogens (tertiary/aromatic N) is 5. The molecule has 0 aliphatic carbocycles. The van der Waals surface area contributed by atoms with E-state index in [9.17, 15) is 14.7 Å². The Hall–Kier alpha value is -3.98. The van der Waals surface area contributed by atoms with Gasteiger partial charge in [0, 0.05) is 29.7 Å². The summed E-state index contributed by atoms with van der Waals surface area (Å²) in [5, 5.41) is 18.8. The zero-order chi connectivity index (χ0) is 21.3. The molecule has 0 aliphatic rings. The van der Waals surface area contributed by atoms with Crippen LogP contribution in [0.5, 0.6) is 0 Å². The predicted octanol–water partition coefficient (Wildman–Crippen LogP) is 2.17. The molecule has 0 aromatic carbocycles. The second kappa shape index (κ2) is 7.80. The number of aliphatic hydroxyl groups excluding tert-OH is 1. The number of rotatable bonds is 5. The van der Waals surface area contributed by atoms with Gasteiger partial charge in [-0.3, -0.25) is 14.3 Å². The number of hydrogen-bond acceptors (Lipinski definition) is 7. The molecule has 0 spiro atoms. The average molecular weight is 403 g/mol. The number of aromatic carboxylic acids is 1. The van der Waals surface area contributed by atoms with Crippen LogP contribution in [-0.4, -0.2) is 47.3 Å². The van der Waals surface area contributed by atoms with Crippen molar-refractivity contribution >= 4 is 16.9 Å². The van der Waals surface area contributed by atoms with Crippen LogP contribution < -0.4 is 5.56 Å². The highest BCUT2D eigenvalue weighted by atomic mass is 16.4. The fourth-order valence-corrected chi connectivity index (χ4v) is 3.07. The molecule has 1 atom stereocenters. The van der Waals surface area contributed by atoms with Crippen molar-refractivity contribution in [3.63, 3.8) is 0 Å². The quantitative estimate of drug-likeness (QED) is 0.518. The van der Waals surface area contributed by atoms with Crippen LogP contribution in [0.15, 0.2) is 60.0 Å². The summed E-state index contributed by atoms with van der Waals surface area (Å²) in [7, 11) is 0. The van der Waals surface area contributed by atoms with Gasteiger partial charge in [-0.2, -0.15) is 0 Å². The molecule has 30 heavy (non-hydrogen) atoms. The molecule has 0 radical (unpaired) electrons. The molecule has 0 amide bonds. The van der Waals surface area contributed by atoms with Crippen LogP contribution in [0.3, 0.4) is 0 Å². The third-order valence-electron chi connectivity index (χ3n) is 4.72. The molecule has 4 aromatic heterocycles. The summed E-state index contributed by atoms with van der Waals surface area (Å²) in [4.78, 5) is 41.3. The van der Waals surface area contributed by atoms with Gasteiger partial charge in [0.2, 0.25) is 0 Å². The highest BCUT2D eigenvalue weighted by Crippen LogP contribution is 2.28. The minimum atomic E-state index is -1.13. The third-order valence-corrected chi connectivity index (χ3v) is 4.72. The number of carboxylic acids is 1. The SMILES string of the molecule is C[C@@H](CO)n1cnc2c(-c3cccnc3)nc(-c3ccc(C(=O)O)nc3)cc2c1=O. The fourth-order valence-electron chi connectivity index (χ4n) is 3.07. The van der Waals surface area contributed by atoms with Gasteiger partial charge in [0.05, 0.1) is 35.8 Å². The van der Waals surface area contributed by atoms with Crippen molar-refractivity contribution in [3.05, 3.63) is 71.3 Å². The Morgan fingerprint density at radius 1 is 1.17 bits per heavy atom. The Labute approximate surface area is 170 Å². The van der Waals surface area contributed by atoms with E-state index in [-0.39, 0.29) is 17.9 Å². The van der Waals surface area contributed by atoms with Crippen molar-refractivity contribution in [1.29, 1.82) is 0 Å². The topological polar surface area (TPSA) is 131 Å². The molecule has 4 aromatic rings. The second-order valence-corrected chi connectivity index (χ2v) is 6.72. The zero-order valence-corrected chi connectivity index (χ0v) is 15.9. The summed E-state index contributed by atoms with van der Waals surface area (Å²) in [6.45, 7) is 1.51. The molecule has 0 unspecified atom stereocenters. The van der Waals surface area contributed by atoms with Crippen LogP contribution in [0.2, 0.25) is 0 Å². The Balaban J connectivity index is 2.00. The number of aromatic nitrogens is 5. The zero-order valence-electron chi connectivity index (χ0n) is 15.9. The largest absolute Gasteiger partial charge is 0.477 e. The van der Waals surface area contributed by atoms with Crippen LogP contribution in [0.4, 0.5) is 0 Å². The van der Waals surface area contributed by atoms with Gasteiger partial charge in [0.25, 0.3) is 5.56 Å². The van der Waals surface area contributed by atoms with Crippen molar-refractivity contribution in [2.75, 3.05) is 6.61 Å². The smallest absolute Gasteiger partial charge is 0.354 e. The van der Waals surface area contributed by atoms with Gasteiger partial charge in [0.1, 0.15) is 11.2 Å². The van der Waals surface area contributed by atoms with Gasteiger partial charge in [0.15, 0.2) is 0 Å². The summed E-state index contributed by atoms with van der Waals surface area (Å²) < 4.78 is 1.37. The molecule has 9 nitrogen and oxygen atoms in total. The van der Waals surface area contributed by atoms with Crippen molar-refractivity contribution in [1.82, 2.24) is 24.5 Å². The van der Waals surface area contributed by atoms with E-state index in [0.717, 1.165) is 0 Å². The van der Waals surface area contributed by atoms with E-state index in [2.05, 4.69) is 19.9 Å². The maximum atomic E-state index is 13.1. The van der Waals surface area contributed by atoms with Gasteiger partial charge in [-0.25, -0.2) is 19.7 Å². The Kier molecular flexibility index (Phi) is 5.03. The molecule has 0 saturated heterocycles. The second-order valence-electron chi connectivity index (χ2n) is 6.72. The molecule has 150 valence electrons. The summed E-state index contributed by atoms with van der Waals surface area (Å²) in [6.07, 6.45) is 6.06. The third kappa shape index (κ3) is 3.42. The Bertz CT molecular complexity index is 1290. The van der Waals surface area contributed by atoms with Crippen LogP contribution in [-0.2, 0) is 0 Å². The standard InChI is InChI=1S/C21H17N5O4/c1-12(10-27)26-11-24-19-15(20(26)28)7-17(13-4-5-16(21(29)30)23-9-13)25-18(19)14-3-2-6-22-8-14/h2-9,11-12,27H,10H2,1H3,(H,29,30)/t12-/m0/s1. The van der Waals surface area contributed by atoms with E-state index >= 15 is 0 Å². The molecule has 2 N–H and O–H groups in total. The fraction of sp³-hybridized carbons (Fsp3) is 0.143. The van der Waals surface area contributed by atoms with Gasteiger partial charge in [-0.05, 0) is 37.3 Å². The first-order valence-electron chi connectivity index (χ1n) is 9.12. The van der Waals surface area contributed by atoms with Crippen molar-refractivity contribution in [2.45, 2.75) is 13.0 Å². The predicted molar refractivity (Wildman–Crippen MR) is 109 cm³/mol. The van der Waals surface area contributed by atoms with E-state index in [1.807, 2.05) is 6.07 Å². The van der Waals surface area contributed by atoms with E-state index in [1.54, 1.807) is 37.5 Å². The van der Waals surface area contributed by atoms with Gasteiger partial charge in [-0.1, -0.05) is 0 Å². The molecule has 9 heteroatoms. The highest BCUT2D eigenvalue weighted by molar-refractivity contribution is 5.93. The van der Waals surface area contributed by atoms with Crippen LogP contribution in [0.1, 0.15) is 23.5 Å². The number of carbonyl (C=O) groups is 1. The van der Waals surface area contributed by atoms with Crippen LogP contribution in [0.25, 0.3) is 33.4 Å². The summed E-state index contributed by atoms with van der Waals surface area (Å²) in [6, 6.07) is 7.69. The molecule has 0 aliphatic heterocycles. The van der Waals surface area contributed by atoms with Crippen LogP contribution >= 0.6 is 0 Å². The molecule has 0 bridgehead atoms. The highest BCUT2D eigenvalue weighted by Gasteiger charge is 2.17. The lowest BCUT2D eigenvalue weighted by atomic mass is 10.1. The first-order chi connectivity index (χ1) is 14.5. The number of hydrogen-bond donors (Lipinski definition) is 2. The number of aliphatic hydroxyl groups is 1. The summed E-state index contributed by atoms with van der Waals surface area (Å²) >= 11 is 0. The normalized spacial score (nSPS) is 12.1. The van der Waals surface area contributed by atoms with E-state index in [1.165, 1.54) is 23.2 Å². The lowest BCUT2D eigenvalue weighted by molar-refractivity contribution is 0.0690. The van der Waals surface area contributed by atoms with Gasteiger partial charge >= 0.3 is 5.97 Å².